The second-order valence-electron chi connectivity index (χ2n) is 8.39. The summed E-state index contributed by atoms with van der Waals surface area (Å²) in [7, 11) is -3.93. The average molecular weight is 451 g/mol. The standard InChI is InChI=1S/C26H42O4S/c1-4-6-8-10-12-14-16-18-26(25(27)17-15-13-11-9-7-5-2)30-31(28,29)24-21-19-23(3)20-22-24/h19-22,25-27H,4-12,14,16-18H2,1-3H3/t25-,26-/m1/s1. The van der Waals surface area contributed by atoms with Crippen molar-refractivity contribution in [3.8, 4) is 11.8 Å². The quantitative estimate of drug-likeness (QED) is 0.176. The van der Waals surface area contributed by atoms with E-state index in [9.17, 15) is 13.5 Å². The molecule has 2 atom stereocenters. The number of benzene rings is 1. The third-order valence-corrected chi connectivity index (χ3v) is 6.77. The lowest BCUT2D eigenvalue weighted by Gasteiger charge is -2.21. The van der Waals surface area contributed by atoms with Crippen LogP contribution in [0.3, 0.4) is 0 Å². The van der Waals surface area contributed by atoms with Gasteiger partial charge in [0.05, 0.1) is 11.0 Å². The third kappa shape index (κ3) is 12.3. The smallest absolute Gasteiger partial charge is 0.297 e. The third-order valence-electron chi connectivity index (χ3n) is 5.42. The summed E-state index contributed by atoms with van der Waals surface area (Å²) in [6.45, 7) is 6.26. The van der Waals surface area contributed by atoms with Crippen molar-refractivity contribution in [2.45, 2.75) is 121 Å². The van der Waals surface area contributed by atoms with Crippen molar-refractivity contribution in [3.05, 3.63) is 29.8 Å². The van der Waals surface area contributed by atoms with Gasteiger partial charge in [0.1, 0.15) is 6.10 Å². The number of unbranched alkanes of at least 4 members (excludes halogenated alkanes) is 9. The van der Waals surface area contributed by atoms with Gasteiger partial charge in [0.15, 0.2) is 0 Å². The van der Waals surface area contributed by atoms with Crippen molar-refractivity contribution in [3.63, 3.8) is 0 Å². The molecule has 0 unspecified atom stereocenters. The van der Waals surface area contributed by atoms with Crippen LogP contribution >= 0.6 is 0 Å². The highest BCUT2D eigenvalue weighted by molar-refractivity contribution is 7.86. The Balaban J connectivity index is 2.68. The molecule has 4 nitrogen and oxygen atoms in total. The summed E-state index contributed by atoms with van der Waals surface area (Å²) in [5, 5.41) is 10.6. The average Bonchev–Trinajstić information content (AvgIpc) is 2.74. The van der Waals surface area contributed by atoms with E-state index in [1.165, 1.54) is 25.7 Å². The number of hydrogen-bond donors (Lipinski definition) is 1. The van der Waals surface area contributed by atoms with E-state index in [0.29, 0.717) is 6.42 Å². The molecule has 5 heteroatoms. The van der Waals surface area contributed by atoms with Crippen LogP contribution in [0, 0.1) is 18.8 Å². The molecule has 0 aromatic heterocycles. The van der Waals surface area contributed by atoms with Crippen molar-refractivity contribution in [2.75, 3.05) is 0 Å². The van der Waals surface area contributed by atoms with Gasteiger partial charge in [-0.05, 0) is 31.9 Å². The predicted octanol–water partition coefficient (Wildman–Crippen LogP) is 6.54. The van der Waals surface area contributed by atoms with Crippen LogP contribution in [0.25, 0.3) is 0 Å². The van der Waals surface area contributed by atoms with Crippen molar-refractivity contribution >= 4 is 10.1 Å². The Morgan fingerprint density at radius 2 is 1.45 bits per heavy atom. The zero-order valence-corrected chi connectivity index (χ0v) is 20.6. The monoisotopic (exact) mass is 450 g/mol. The first-order valence-electron chi connectivity index (χ1n) is 12.0. The highest BCUT2D eigenvalue weighted by Crippen LogP contribution is 2.21. The minimum Gasteiger partial charge on any atom is -0.389 e. The molecule has 0 saturated heterocycles. The number of hydrogen-bond acceptors (Lipinski definition) is 4. The molecule has 0 aliphatic heterocycles. The van der Waals surface area contributed by atoms with E-state index in [2.05, 4.69) is 25.7 Å². The maximum Gasteiger partial charge on any atom is 0.297 e. The van der Waals surface area contributed by atoms with Crippen LogP contribution in [0.4, 0.5) is 0 Å². The molecule has 0 bridgehead atoms. The van der Waals surface area contributed by atoms with Crippen molar-refractivity contribution in [1.29, 1.82) is 0 Å². The van der Waals surface area contributed by atoms with Gasteiger partial charge in [-0.25, -0.2) is 0 Å². The van der Waals surface area contributed by atoms with E-state index < -0.39 is 22.3 Å². The molecule has 0 fully saturated rings. The maximum atomic E-state index is 12.7. The predicted molar refractivity (Wildman–Crippen MR) is 128 cm³/mol. The fourth-order valence-electron chi connectivity index (χ4n) is 3.39. The molecule has 0 saturated carbocycles. The van der Waals surface area contributed by atoms with Crippen LogP contribution in [0.2, 0.25) is 0 Å². The lowest BCUT2D eigenvalue weighted by molar-refractivity contribution is 0.0371. The fourth-order valence-corrected chi connectivity index (χ4v) is 4.52. The van der Waals surface area contributed by atoms with Crippen LogP contribution in [-0.2, 0) is 14.3 Å². The van der Waals surface area contributed by atoms with Gasteiger partial charge in [0.25, 0.3) is 10.1 Å². The second kappa shape index (κ2) is 16.3. The van der Waals surface area contributed by atoms with Gasteiger partial charge in [-0.2, -0.15) is 8.42 Å². The molecule has 0 heterocycles. The first-order chi connectivity index (χ1) is 14.9. The fraction of sp³-hybridized carbons (Fsp3) is 0.692. The molecule has 31 heavy (non-hydrogen) atoms. The molecule has 0 amide bonds. The van der Waals surface area contributed by atoms with E-state index in [-0.39, 0.29) is 11.3 Å². The van der Waals surface area contributed by atoms with Gasteiger partial charge in [0, 0.05) is 12.8 Å². The molecule has 0 aliphatic carbocycles. The molecule has 176 valence electrons. The zero-order chi connectivity index (χ0) is 23.0. The molecule has 0 radical (unpaired) electrons. The molecule has 0 spiro atoms. The van der Waals surface area contributed by atoms with Crippen LogP contribution in [0.15, 0.2) is 29.2 Å². The molecular weight excluding hydrogens is 408 g/mol. The number of aliphatic hydroxyl groups excluding tert-OH is 1. The van der Waals surface area contributed by atoms with E-state index in [4.69, 9.17) is 4.18 Å². The lowest BCUT2D eigenvalue weighted by Crippen LogP contribution is -2.31. The van der Waals surface area contributed by atoms with E-state index in [0.717, 1.165) is 50.5 Å². The topological polar surface area (TPSA) is 63.6 Å². The summed E-state index contributed by atoms with van der Waals surface area (Å²) < 4.78 is 31.0. The summed E-state index contributed by atoms with van der Waals surface area (Å²) in [4.78, 5) is 0.125. The number of rotatable bonds is 16. The molecule has 1 rings (SSSR count). The SMILES string of the molecule is CCCCCC#CC[C@@H](O)[C@@H](CCCCCCCCC)OS(=O)(=O)c1ccc(C)cc1. The summed E-state index contributed by atoms with van der Waals surface area (Å²) >= 11 is 0. The van der Waals surface area contributed by atoms with Gasteiger partial charge in [-0.3, -0.25) is 4.18 Å². The minimum atomic E-state index is -3.93. The Morgan fingerprint density at radius 1 is 0.871 bits per heavy atom. The van der Waals surface area contributed by atoms with Crippen LogP contribution in [-0.4, -0.2) is 25.7 Å². The van der Waals surface area contributed by atoms with E-state index >= 15 is 0 Å². The van der Waals surface area contributed by atoms with Gasteiger partial charge >= 0.3 is 0 Å². The molecule has 1 aromatic carbocycles. The summed E-state index contributed by atoms with van der Waals surface area (Å²) in [5.74, 6) is 6.10. The van der Waals surface area contributed by atoms with Crippen molar-refractivity contribution in [1.82, 2.24) is 0 Å². The normalized spacial score (nSPS) is 13.4. The number of aliphatic hydroxyl groups is 1. The molecular formula is C26H42O4S. The lowest BCUT2D eigenvalue weighted by atomic mass is 10.0. The highest BCUT2D eigenvalue weighted by atomic mass is 32.2. The molecule has 1 N–H and O–H groups in total. The maximum absolute atomic E-state index is 12.7. The Hall–Kier alpha value is -1.35. The zero-order valence-electron chi connectivity index (χ0n) is 19.7. The Labute approximate surface area is 190 Å². The second-order valence-corrected chi connectivity index (χ2v) is 9.97. The first-order valence-corrected chi connectivity index (χ1v) is 13.4. The Bertz CT molecular complexity index is 744. The van der Waals surface area contributed by atoms with Crippen LogP contribution < -0.4 is 0 Å². The largest absolute Gasteiger partial charge is 0.389 e. The highest BCUT2D eigenvalue weighted by Gasteiger charge is 2.27. The summed E-state index contributed by atoms with van der Waals surface area (Å²) in [6.07, 6.45) is 11.1. The first kappa shape index (κ1) is 27.7. The Kier molecular flexibility index (Phi) is 14.6. The Morgan fingerprint density at radius 3 is 2.10 bits per heavy atom. The van der Waals surface area contributed by atoms with Crippen molar-refractivity contribution in [2.24, 2.45) is 0 Å². The van der Waals surface area contributed by atoms with Gasteiger partial charge < -0.3 is 5.11 Å². The van der Waals surface area contributed by atoms with E-state index in [1.54, 1.807) is 24.3 Å². The van der Waals surface area contributed by atoms with Crippen LogP contribution in [0.5, 0.6) is 0 Å². The summed E-state index contributed by atoms with van der Waals surface area (Å²) in [5.41, 5.74) is 0.983. The van der Waals surface area contributed by atoms with Gasteiger partial charge in [0.2, 0.25) is 0 Å². The molecule has 1 aromatic rings. The summed E-state index contributed by atoms with van der Waals surface area (Å²) in [6, 6.07) is 6.60. The number of aryl methyl sites for hydroxylation is 1. The van der Waals surface area contributed by atoms with Gasteiger partial charge in [-0.1, -0.05) is 89.3 Å². The van der Waals surface area contributed by atoms with E-state index in [1.807, 2.05) is 6.92 Å². The van der Waals surface area contributed by atoms with Gasteiger partial charge in [-0.15, -0.1) is 11.8 Å². The minimum absolute atomic E-state index is 0.125. The van der Waals surface area contributed by atoms with Crippen LogP contribution in [0.1, 0.15) is 103 Å². The van der Waals surface area contributed by atoms with Crippen molar-refractivity contribution < 1.29 is 17.7 Å². The molecule has 0 aliphatic rings.